The van der Waals surface area contributed by atoms with Crippen LogP contribution >= 0.6 is 0 Å². The summed E-state index contributed by atoms with van der Waals surface area (Å²) in [6.45, 7) is 1.95. The molecular weight excluding hydrogens is 522 g/mol. The highest BCUT2D eigenvalue weighted by molar-refractivity contribution is 6.25. The van der Waals surface area contributed by atoms with Crippen LogP contribution in [0.1, 0.15) is 18.1 Å². The maximum absolute atomic E-state index is 10.3. The first kappa shape index (κ1) is 26.2. The van der Waals surface area contributed by atoms with Gasteiger partial charge in [0, 0.05) is 12.1 Å². The predicted molar refractivity (Wildman–Crippen MR) is 184 cm³/mol. The van der Waals surface area contributed by atoms with E-state index in [9.17, 15) is 5.41 Å². The third kappa shape index (κ3) is 5.02. The normalized spacial score (nSPS) is 12.0. The van der Waals surface area contributed by atoms with E-state index in [1.54, 1.807) is 0 Å². The third-order valence-corrected chi connectivity index (χ3v) is 8.04. The molecule has 0 atom stereocenters. The Morgan fingerprint density at radius 2 is 1.00 bits per heavy atom. The van der Waals surface area contributed by atoms with Gasteiger partial charge in [0.1, 0.15) is 0 Å². The number of hydrogen-bond acceptors (Lipinski definition) is 0. The van der Waals surface area contributed by atoms with E-state index in [2.05, 4.69) is 119 Å². The van der Waals surface area contributed by atoms with Crippen molar-refractivity contribution in [3.63, 3.8) is 0 Å². The van der Waals surface area contributed by atoms with Gasteiger partial charge in [0.05, 0.1) is 0 Å². The van der Waals surface area contributed by atoms with Crippen LogP contribution in [0.3, 0.4) is 0 Å². The molecule has 0 bridgehead atoms. The summed E-state index contributed by atoms with van der Waals surface area (Å²) in [6.07, 6.45) is 1.40. The van der Waals surface area contributed by atoms with Crippen molar-refractivity contribution in [2.75, 3.05) is 0 Å². The molecule has 0 spiro atoms. The van der Waals surface area contributed by atoms with Gasteiger partial charge in [-0.3, -0.25) is 4.99 Å². The van der Waals surface area contributed by atoms with Crippen molar-refractivity contribution in [3.8, 4) is 22.3 Å². The zero-order valence-electron chi connectivity index (χ0n) is 23.8. The quantitative estimate of drug-likeness (QED) is 0.116. The summed E-state index contributed by atoms with van der Waals surface area (Å²) in [6, 6.07) is 50.4. The Balaban J connectivity index is 1.27. The van der Waals surface area contributed by atoms with Gasteiger partial charge >= 0.3 is 0 Å². The molecule has 0 unspecified atom stereocenters. The molecule has 0 N–H and O–H groups in total. The molecule has 7 aromatic carbocycles. The molecule has 0 aromatic heterocycles. The van der Waals surface area contributed by atoms with Crippen LogP contribution in [-0.2, 0) is 0 Å². The average Bonchev–Trinajstić information content (AvgIpc) is 3.08. The highest BCUT2D eigenvalue weighted by atomic mass is 14.9. The molecule has 3 heteroatoms. The van der Waals surface area contributed by atoms with Gasteiger partial charge in [-0.1, -0.05) is 139 Å². The average molecular weight is 551 g/mol. The Bertz CT molecular complexity index is 2170. The largest absolute Gasteiger partial charge is 0.464 e. The molecule has 0 fully saturated rings. The summed E-state index contributed by atoms with van der Waals surface area (Å²) in [5.41, 5.74) is 7.09. The molecule has 0 saturated carbocycles. The third-order valence-electron chi connectivity index (χ3n) is 8.04. The van der Waals surface area contributed by atoms with Gasteiger partial charge in [-0.05, 0) is 84.8 Å². The van der Waals surface area contributed by atoms with Crippen molar-refractivity contribution >= 4 is 50.2 Å². The number of rotatable bonds is 5. The molecule has 0 aliphatic heterocycles. The zero-order chi connectivity index (χ0) is 29.2. The minimum atomic E-state index is -0.0593. The fraction of sp³-hybridized carbons (Fsp3) is 0.0250. The van der Waals surface area contributed by atoms with Crippen LogP contribution in [0.15, 0.2) is 156 Å². The number of fused-ring (bicyclic) bond motifs is 6. The number of nitrogens with zero attached hydrogens (tertiary/aromatic N) is 3. The van der Waals surface area contributed by atoms with E-state index < -0.39 is 0 Å². The molecule has 0 aliphatic rings. The van der Waals surface area contributed by atoms with Gasteiger partial charge in [0.15, 0.2) is 0 Å². The fourth-order valence-corrected chi connectivity index (χ4v) is 5.88. The smallest absolute Gasteiger partial charge is 0.0440 e. The molecule has 0 aliphatic carbocycles. The first-order chi connectivity index (χ1) is 21.2. The second kappa shape index (κ2) is 11.3. The predicted octanol–water partition coefficient (Wildman–Crippen LogP) is 10.3. The van der Waals surface area contributed by atoms with Crippen LogP contribution in [-0.4, -0.2) is 17.9 Å². The molecule has 43 heavy (non-hydrogen) atoms. The highest BCUT2D eigenvalue weighted by Gasteiger charge is 2.12. The number of amidine groups is 1. The topological polar surface area (TPSA) is 47.0 Å². The summed E-state index contributed by atoms with van der Waals surface area (Å²) in [5, 5.41) is 17.9. The Labute approximate surface area is 251 Å². The lowest BCUT2D eigenvalue weighted by Crippen LogP contribution is -1.97. The van der Waals surface area contributed by atoms with Crippen molar-refractivity contribution in [2.45, 2.75) is 6.92 Å². The summed E-state index contributed by atoms with van der Waals surface area (Å²) >= 11 is 0. The maximum atomic E-state index is 10.3. The van der Waals surface area contributed by atoms with Gasteiger partial charge in [-0.2, -0.15) is 0 Å². The second-order valence-corrected chi connectivity index (χ2v) is 10.6. The van der Waals surface area contributed by atoms with Crippen LogP contribution in [0.4, 0.5) is 0 Å². The van der Waals surface area contributed by atoms with Gasteiger partial charge < -0.3 is 10.4 Å². The summed E-state index contributed by atoms with van der Waals surface area (Å²) in [7, 11) is 0. The lowest BCUT2D eigenvalue weighted by molar-refractivity contribution is 1.53. The zero-order valence-corrected chi connectivity index (χ0v) is 23.8. The summed E-state index contributed by atoms with van der Waals surface area (Å²) in [4.78, 5) is 8.63. The molecular formula is C40H28N3-. The van der Waals surface area contributed by atoms with Crippen LogP contribution in [0.5, 0.6) is 0 Å². The van der Waals surface area contributed by atoms with Crippen molar-refractivity contribution in [1.82, 2.24) is 0 Å². The van der Waals surface area contributed by atoms with E-state index in [0.29, 0.717) is 5.56 Å². The molecule has 7 rings (SSSR count). The van der Waals surface area contributed by atoms with E-state index in [1.807, 2.05) is 43.3 Å². The van der Waals surface area contributed by atoms with E-state index in [4.69, 9.17) is 0 Å². The van der Waals surface area contributed by atoms with Gasteiger partial charge in [-0.25, -0.2) is 0 Å². The van der Waals surface area contributed by atoms with Crippen LogP contribution in [0.25, 0.3) is 60.0 Å². The van der Waals surface area contributed by atoms with Gasteiger partial charge in [0.25, 0.3) is 0 Å². The fourth-order valence-electron chi connectivity index (χ4n) is 5.88. The van der Waals surface area contributed by atoms with Crippen LogP contribution in [0.2, 0.25) is 0 Å². The Morgan fingerprint density at radius 1 is 0.488 bits per heavy atom. The summed E-state index contributed by atoms with van der Waals surface area (Å²) in [5.74, 6) is -0.0593. The second-order valence-electron chi connectivity index (χ2n) is 10.6. The van der Waals surface area contributed by atoms with Crippen molar-refractivity contribution in [3.05, 3.63) is 162 Å². The van der Waals surface area contributed by atoms with Crippen molar-refractivity contribution < 1.29 is 0 Å². The van der Waals surface area contributed by atoms with Crippen LogP contribution in [0, 0.1) is 0 Å². The Hall–Kier alpha value is -5.67. The molecule has 0 saturated heterocycles. The molecule has 3 nitrogen and oxygen atoms in total. The standard InChI is InChI=1S/C40H28N3/c1-27(42-26-43-40(41)28-12-3-2-4-13-28)29-14-11-15-30(24-29)32-16-5-6-17-33(32)31-22-23-38-36-20-8-7-18-34(36)35-19-9-10-21-37(35)39(38)25-31/h2-26H,1H3/q-1. The Morgan fingerprint density at radius 3 is 1.65 bits per heavy atom. The SMILES string of the molecule is CC(=NC=NC(=[N-])c1ccccc1)c1cccc(-c2ccccc2-c2ccc3c4ccccc4c4ccccc4c3c2)c1. The molecule has 0 radical (unpaired) electrons. The number of benzene rings is 7. The minimum Gasteiger partial charge on any atom is -0.464 e. The first-order valence-corrected chi connectivity index (χ1v) is 14.4. The Kier molecular flexibility index (Phi) is 6.90. The van der Waals surface area contributed by atoms with Crippen LogP contribution < -0.4 is 0 Å². The highest BCUT2D eigenvalue weighted by Crippen LogP contribution is 2.39. The van der Waals surface area contributed by atoms with E-state index >= 15 is 0 Å². The minimum absolute atomic E-state index is 0.0593. The lowest BCUT2D eigenvalue weighted by atomic mass is 9.89. The molecule has 0 heterocycles. The molecule has 7 aromatic rings. The number of hydrogen-bond donors (Lipinski definition) is 0. The monoisotopic (exact) mass is 550 g/mol. The van der Waals surface area contributed by atoms with Crippen molar-refractivity contribution in [1.29, 1.82) is 0 Å². The first-order valence-electron chi connectivity index (χ1n) is 14.4. The molecule has 0 amide bonds. The van der Waals surface area contributed by atoms with Gasteiger partial charge in [0.2, 0.25) is 0 Å². The summed E-state index contributed by atoms with van der Waals surface area (Å²) < 4.78 is 0. The van der Waals surface area contributed by atoms with E-state index in [-0.39, 0.29) is 5.84 Å². The lowest BCUT2D eigenvalue weighted by Gasteiger charge is -2.14. The van der Waals surface area contributed by atoms with E-state index in [0.717, 1.165) is 22.4 Å². The van der Waals surface area contributed by atoms with E-state index in [1.165, 1.54) is 49.8 Å². The number of aliphatic imine (C=N–C) groups is 2. The van der Waals surface area contributed by atoms with Gasteiger partial charge in [-0.15, -0.1) is 0 Å². The van der Waals surface area contributed by atoms with Crippen molar-refractivity contribution in [2.24, 2.45) is 9.98 Å². The molecule has 204 valence electrons. The maximum Gasteiger partial charge on any atom is 0.0440 e.